The molecule has 0 saturated heterocycles. The minimum absolute atomic E-state index is 0.191. The van der Waals surface area contributed by atoms with E-state index in [1.165, 1.54) is 12.1 Å². The normalized spacial score (nSPS) is 12.1. The van der Waals surface area contributed by atoms with Gasteiger partial charge in [-0.05, 0) is 12.1 Å². The number of hydrogen-bond donors (Lipinski definition) is 0. The molecule has 0 spiro atoms. The van der Waals surface area contributed by atoms with Gasteiger partial charge in [-0.15, -0.1) is 15.2 Å². The molecular formula is C7H3ClFNO2S2. The predicted molar refractivity (Wildman–Crippen MR) is 52.9 cm³/mol. The van der Waals surface area contributed by atoms with E-state index in [1.54, 1.807) is 6.07 Å². The van der Waals surface area contributed by atoms with E-state index in [-0.39, 0.29) is 14.1 Å². The van der Waals surface area contributed by atoms with E-state index in [4.69, 9.17) is 11.6 Å². The van der Waals surface area contributed by atoms with Crippen LogP contribution in [0, 0.1) is 0 Å². The van der Waals surface area contributed by atoms with Crippen molar-refractivity contribution in [2.45, 2.75) is 4.90 Å². The number of aromatic nitrogens is 1. The van der Waals surface area contributed by atoms with Crippen LogP contribution in [0.3, 0.4) is 0 Å². The molecule has 0 aliphatic carbocycles. The van der Waals surface area contributed by atoms with Gasteiger partial charge in [-0.2, -0.15) is 8.42 Å². The highest BCUT2D eigenvalue weighted by atomic mass is 35.5. The first kappa shape index (κ1) is 9.82. The summed E-state index contributed by atoms with van der Waals surface area (Å²) < 4.78 is 34.7. The van der Waals surface area contributed by atoms with Crippen LogP contribution in [-0.2, 0) is 10.2 Å². The van der Waals surface area contributed by atoms with Crippen LogP contribution in [0.1, 0.15) is 0 Å². The molecule has 0 fully saturated rings. The number of benzene rings is 1. The Balaban J connectivity index is 2.90. The fourth-order valence-electron chi connectivity index (χ4n) is 1.09. The van der Waals surface area contributed by atoms with Gasteiger partial charge >= 0.3 is 10.2 Å². The van der Waals surface area contributed by atoms with E-state index in [0.717, 1.165) is 11.3 Å². The van der Waals surface area contributed by atoms with Crippen LogP contribution < -0.4 is 0 Å². The summed E-state index contributed by atoms with van der Waals surface area (Å²) in [6, 6.07) is 4.18. The number of thiazole rings is 1. The van der Waals surface area contributed by atoms with Crippen LogP contribution in [0.5, 0.6) is 0 Å². The molecule has 1 aromatic heterocycles. The Bertz CT molecular complexity index is 593. The number of halogens is 2. The van der Waals surface area contributed by atoms with Crippen molar-refractivity contribution in [3.63, 3.8) is 0 Å². The molecule has 7 heteroatoms. The molecule has 0 aliphatic rings. The van der Waals surface area contributed by atoms with Gasteiger partial charge in [0.25, 0.3) is 0 Å². The van der Waals surface area contributed by atoms with Crippen LogP contribution >= 0.6 is 22.9 Å². The standard InChI is InChI=1S/C7H3ClFNO2S2/c8-7-10-4-2-1-3-5(6(4)13-7)14(9,11)12/h1-3H. The molecule has 0 atom stereocenters. The summed E-state index contributed by atoms with van der Waals surface area (Å²) in [5.41, 5.74) is 0.388. The lowest BCUT2D eigenvalue weighted by molar-refractivity contribution is 0.553. The smallest absolute Gasteiger partial charge is 0.225 e. The quantitative estimate of drug-likeness (QED) is 0.732. The molecule has 1 aromatic carbocycles. The maximum absolute atomic E-state index is 12.8. The van der Waals surface area contributed by atoms with Crippen LogP contribution in [0.2, 0.25) is 4.47 Å². The van der Waals surface area contributed by atoms with Crippen molar-refractivity contribution >= 4 is 43.4 Å². The van der Waals surface area contributed by atoms with Crippen molar-refractivity contribution in [2.24, 2.45) is 0 Å². The molecule has 0 saturated carbocycles. The van der Waals surface area contributed by atoms with Crippen LogP contribution in [-0.4, -0.2) is 13.4 Å². The van der Waals surface area contributed by atoms with E-state index >= 15 is 0 Å². The Morgan fingerprint density at radius 3 is 2.79 bits per heavy atom. The summed E-state index contributed by atoms with van der Waals surface area (Å²) in [4.78, 5) is 3.46. The average Bonchev–Trinajstić information content (AvgIpc) is 2.41. The van der Waals surface area contributed by atoms with Crippen LogP contribution in [0.15, 0.2) is 23.1 Å². The number of nitrogens with zero attached hydrogens (tertiary/aromatic N) is 1. The zero-order valence-electron chi connectivity index (χ0n) is 6.57. The minimum Gasteiger partial charge on any atom is -0.225 e. The van der Waals surface area contributed by atoms with Gasteiger partial charge < -0.3 is 0 Å². The largest absolute Gasteiger partial charge is 0.333 e. The maximum Gasteiger partial charge on any atom is 0.333 e. The second kappa shape index (κ2) is 3.15. The summed E-state index contributed by atoms with van der Waals surface area (Å²) in [7, 11) is -4.70. The Morgan fingerprint density at radius 1 is 1.43 bits per heavy atom. The first-order chi connectivity index (χ1) is 6.48. The van der Waals surface area contributed by atoms with Gasteiger partial charge in [-0.1, -0.05) is 17.7 Å². The van der Waals surface area contributed by atoms with E-state index < -0.39 is 10.2 Å². The summed E-state index contributed by atoms with van der Waals surface area (Å²) in [5, 5.41) is 0. The maximum atomic E-state index is 12.8. The second-order valence-electron chi connectivity index (χ2n) is 2.51. The zero-order valence-corrected chi connectivity index (χ0v) is 8.96. The molecule has 74 valence electrons. The summed E-state index contributed by atoms with van der Waals surface area (Å²) in [6.45, 7) is 0. The third-order valence-corrected chi connectivity index (χ3v) is 3.82. The predicted octanol–water partition coefficient (Wildman–Crippen LogP) is 2.61. The summed E-state index contributed by atoms with van der Waals surface area (Å²) in [5.74, 6) is 0. The lowest BCUT2D eigenvalue weighted by Gasteiger charge is -1.94. The summed E-state index contributed by atoms with van der Waals surface area (Å²) in [6.07, 6.45) is 0. The van der Waals surface area contributed by atoms with Gasteiger partial charge in [0.2, 0.25) is 0 Å². The first-order valence-corrected chi connectivity index (χ1v) is 6.06. The monoisotopic (exact) mass is 251 g/mol. The average molecular weight is 252 g/mol. The van der Waals surface area contributed by atoms with Crippen molar-refractivity contribution in [1.82, 2.24) is 4.98 Å². The summed E-state index contributed by atoms with van der Waals surface area (Å²) >= 11 is 6.54. The fourth-order valence-corrected chi connectivity index (χ4v) is 3.10. The second-order valence-corrected chi connectivity index (χ2v) is 5.41. The van der Waals surface area contributed by atoms with E-state index in [0.29, 0.717) is 5.52 Å². The van der Waals surface area contributed by atoms with Gasteiger partial charge in [0, 0.05) is 0 Å². The first-order valence-electron chi connectivity index (χ1n) is 3.48. The van der Waals surface area contributed by atoms with E-state index in [9.17, 15) is 12.3 Å². The minimum atomic E-state index is -4.70. The molecular weight excluding hydrogens is 249 g/mol. The molecule has 0 aliphatic heterocycles. The molecule has 2 rings (SSSR count). The lowest BCUT2D eigenvalue weighted by atomic mass is 10.3. The molecule has 3 nitrogen and oxygen atoms in total. The van der Waals surface area contributed by atoms with Crippen molar-refractivity contribution in [1.29, 1.82) is 0 Å². The molecule has 2 aromatic rings. The van der Waals surface area contributed by atoms with Gasteiger partial charge in [0.1, 0.15) is 4.90 Å². The highest BCUT2D eigenvalue weighted by Gasteiger charge is 2.18. The Hall–Kier alpha value is -0.720. The molecule has 0 bridgehead atoms. The van der Waals surface area contributed by atoms with E-state index in [2.05, 4.69) is 4.98 Å². The van der Waals surface area contributed by atoms with Crippen molar-refractivity contribution in [2.75, 3.05) is 0 Å². The van der Waals surface area contributed by atoms with Gasteiger partial charge in [0.05, 0.1) is 10.2 Å². The third kappa shape index (κ3) is 1.60. The Labute approximate surface area is 88.4 Å². The number of hydrogen-bond acceptors (Lipinski definition) is 4. The van der Waals surface area contributed by atoms with Gasteiger partial charge in [0.15, 0.2) is 4.47 Å². The van der Waals surface area contributed by atoms with Crippen molar-refractivity contribution in [3.05, 3.63) is 22.7 Å². The SMILES string of the molecule is O=S(=O)(F)c1cccc2nc(Cl)sc12. The molecule has 0 radical (unpaired) electrons. The van der Waals surface area contributed by atoms with Crippen molar-refractivity contribution in [3.8, 4) is 0 Å². The van der Waals surface area contributed by atoms with Crippen LogP contribution in [0.4, 0.5) is 3.89 Å². The fraction of sp³-hybridized carbons (Fsp3) is 0. The van der Waals surface area contributed by atoms with Crippen molar-refractivity contribution < 1.29 is 12.3 Å². The van der Waals surface area contributed by atoms with Crippen LogP contribution in [0.25, 0.3) is 10.2 Å². The van der Waals surface area contributed by atoms with Gasteiger partial charge in [-0.25, -0.2) is 4.98 Å². The van der Waals surface area contributed by atoms with E-state index in [1.807, 2.05) is 0 Å². The Kier molecular flexibility index (Phi) is 2.21. The highest BCUT2D eigenvalue weighted by molar-refractivity contribution is 7.86. The highest BCUT2D eigenvalue weighted by Crippen LogP contribution is 2.31. The molecule has 1 heterocycles. The molecule has 0 unspecified atom stereocenters. The zero-order chi connectivity index (χ0) is 10.3. The molecule has 0 N–H and O–H groups in total. The number of fused-ring (bicyclic) bond motifs is 1. The topological polar surface area (TPSA) is 47.0 Å². The van der Waals surface area contributed by atoms with Gasteiger partial charge in [-0.3, -0.25) is 0 Å². The third-order valence-electron chi connectivity index (χ3n) is 1.62. The number of rotatable bonds is 1. The Morgan fingerprint density at radius 2 is 2.14 bits per heavy atom. The molecule has 14 heavy (non-hydrogen) atoms. The lowest BCUT2D eigenvalue weighted by Crippen LogP contribution is -1.91. The molecule has 0 amide bonds.